The molecule has 0 aromatic heterocycles. The first-order chi connectivity index (χ1) is 6.63. The minimum Gasteiger partial charge on any atom is -0.304 e. The van der Waals surface area contributed by atoms with Gasteiger partial charge in [-0.25, -0.2) is 0 Å². The summed E-state index contributed by atoms with van der Waals surface area (Å²) in [6, 6.07) is 9.32. The van der Waals surface area contributed by atoms with E-state index in [0.717, 1.165) is 0 Å². The lowest BCUT2D eigenvalue weighted by Gasteiger charge is -2.18. The Hall–Kier alpha value is -1.08. The number of hydrogen-bond donors (Lipinski definition) is 1. The zero-order chi connectivity index (χ0) is 10.6. The Bertz CT molecular complexity index is 304. The van der Waals surface area contributed by atoms with Crippen LogP contribution >= 0.6 is 0 Å². The molecule has 1 rings (SSSR count). The Balaban J connectivity index is 2.69. The molecule has 1 aromatic carbocycles. The lowest BCUT2D eigenvalue weighted by Crippen LogP contribution is -2.26. The third kappa shape index (κ3) is 3.00. The second kappa shape index (κ2) is 4.97. The summed E-state index contributed by atoms with van der Waals surface area (Å²) in [6.07, 6.45) is 1.92. The molecule has 14 heavy (non-hydrogen) atoms. The quantitative estimate of drug-likeness (QED) is 0.717. The van der Waals surface area contributed by atoms with Gasteiger partial charge in [-0.1, -0.05) is 35.9 Å². The second-order valence-corrected chi connectivity index (χ2v) is 3.83. The van der Waals surface area contributed by atoms with Crippen LogP contribution in [0.5, 0.6) is 0 Å². The molecule has 0 saturated carbocycles. The number of benzene rings is 1. The van der Waals surface area contributed by atoms with E-state index >= 15 is 0 Å². The molecule has 0 aliphatic heterocycles. The molecule has 0 radical (unpaired) electrons. The molecule has 0 amide bonds. The van der Waals surface area contributed by atoms with Gasteiger partial charge >= 0.3 is 0 Å². The molecule has 0 heterocycles. The highest BCUT2D eigenvalue weighted by atomic mass is 14.9. The van der Waals surface area contributed by atoms with Crippen LogP contribution in [0.15, 0.2) is 36.9 Å². The molecule has 0 spiro atoms. The van der Waals surface area contributed by atoms with Crippen molar-refractivity contribution in [3.05, 3.63) is 48.0 Å². The molecule has 1 heteroatoms. The van der Waals surface area contributed by atoms with E-state index < -0.39 is 0 Å². The zero-order valence-electron chi connectivity index (χ0n) is 9.25. The van der Waals surface area contributed by atoms with E-state index in [-0.39, 0.29) is 0 Å². The van der Waals surface area contributed by atoms with Gasteiger partial charge in [-0.05, 0) is 26.3 Å². The van der Waals surface area contributed by atoms with Gasteiger partial charge in [0.25, 0.3) is 0 Å². The number of nitrogens with one attached hydrogen (secondary N) is 1. The lowest BCUT2D eigenvalue weighted by atomic mass is 10.1. The van der Waals surface area contributed by atoms with Crippen LogP contribution in [0.1, 0.15) is 31.0 Å². The number of hydrogen-bond acceptors (Lipinski definition) is 1. The molecular formula is C13H19N. The molecule has 0 fully saturated rings. The fourth-order valence-electron chi connectivity index (χ4n) is 1.50. The summed E-state index contributed by atoms with van der Waals surface area (Å²) in [7, 11) is 0. The summed E-state index contributed by atoms with van der Waals surface area (Å²) in [5, 5.41) is 3.45. The predicted molar refractivity (Wildman–Crippen MR) is 62.4 cm³/mol. The molecule has 1 aromatic rings. The van der Waals surface area contributed by atoms with Gasteiger partial charge in [0.1, 0.15) is 0 Å². The van der Waals surface area contributed by atoms with Crippen LogP contribution < -0.4 is 5.32 Å². The van der Waals surface area contributed by atoms with Crippen molar-refractivity contribution >= 4 is 0 Å². The predicted octanol–water partition coefficient (Wildman–Crippen LogP) is 3.22. The van der Waals surface area contributed by atoms with E-state index in [0.29, 0.717) is 12.1 Å². The van der Waals surface area contributed by atoms with Crippen LogP contribution in [0, 0.1) is 6.92 Å². The van der Waals surface area contributed by atoms with Gasteiger partial charge in [-0.3, -0.25) is 0 Å². The van der Waals surface area contributed by atoms with E-state index in [1.807, 2.05) is 6.08 Å². The van der Waals surface area contributed by atoms with Crippen LogP contribution in [0.4, 0.5) is 0 Å². The van der Waals surface area contributed by atoms with Gasteiger partial charge in [-0.2, -0.15) is 0 Å². The summed E-state index contributed by atoms with van der Waals surface area (Å²) in [5.74, 6) is 0. The van der Waals surface area contributed by atoms with Gasteiger partial charge in [0.2, 0.25) is 0 Å². The number of rotatable bonds is 4. The number of aryl methyl sites for hydroxylation is 1. The summed E-state index contributed by atoms with van der Waals surface area (Å²) in [4.78, 5) is 0. The molecule has 1 unspecified atom stereocenters. The fourth-order valence-corrected chi connectivity index (χ4v) is 1.50. The van der Waals surface area contributed by atoms with Crippen LogP contribution in [0.25, 0.3) is 0 Å². The Morgan fingerprint density at radius 1 is 1.36 bits per heavy atom. The van der Waals surface area contributed by atoms with Gasteiger partial charge in [0.15, 0.2) is 0 Å². The smallest absolute Gasteiger partial charge is 0.0297 e. The minimum atomic E-state index is 0.352. The highest BCUT2D eigenvalue weighted by molar-refractivity contribution is 5.24. The van der Waals surface area contributed by atoms with Crippen molar-refractivity contribution in [2.45, 2.75) is 32.9 Å². The highest BCUT2D eigenvalue weighted by Gasteiger charge is 2.06. The Morgan fingerprint density at radius 3 is 2.64 bits per heavy atom. The molecule has 2 atom stereocenters. The first kappa shape index (κ1) is 11.0. The molecule has 76 valence electrons. The third-order valence-corrected chi connectivity index (χ3v) is 2.41. The normalized spacial score (nSPS) is 14.8. The summed E-state index contributed by atoms with van der Waals surface area (Å²) in [5.41, 5.74) is 2.64. The minimum absolute atomic E-state index is 0.352. The maximum Gasteiger partial charge on any atom is 0.0297 e. The molecule has 0 saturated heterocycles. The van der Waals surface area contributed by atoms with Crippen molar-refractivity contribution in [3.63, 3.8) is 0 Å². The topological polar surface area (TPSA) is 12.0 Å². The first-order valence-corrected chi connectivity index (χ1v) is 5.08. The maximum atomic E-state index is 3.76. The van der Waals surface area contributed by atoms with Gasteiger partial charge in [0, 0.05) is 12.1 Å². The Labute approximate surface area is 86.8 Å². The Kier molecular flexibility index (Phi) is 3.90. The van der Waals surface area contributed by atoms with Crippen molar-refractivity contribution < 1.29 is 0 Å². The van der Waals surface area contributed by atoms with Crippen LogP contribution in [-0.2, 0) is 0 Å². The van der Waals surface area contributed by atoms with Gasteiger partial charge in [-0.15, -0.1) is 6.58 Å². The van der Waals surface area contributed by atoms with Crippen molar-refractivity contribution in [3.8, 4) is 0 Å². The maximum absolute atomic E-state index is 3.76. The van der Waals surface area contributed by atoms with Crippen LogP contribution in [-0.4, -0.2) is 6.04 Å². The molecule has 1 nitrogen and oxygen atoms in total. The average molecular weight is 189 g/mol. The van der Waals surface area contributed by atoms with Crippen molar-refractivity contribution in [2.75, 3.05) is 0 Å². The van der Waals surface area contributed by atoms with E-state index in [9.17, 15) is 0 Å². The third-order valence-electron chi connectivity index (χ3n) is 2.41. The molecule has 0 bridgehead atoms. The molecule has 1 N–H and O–H groups in total. The largest absolute Gasteiger partial charge is 0.304 e. The van der Waals surface area contributed by atoms with Crippen LogP contribution in [0.2, 0.25) is 0 Å². The molecule has 0 aliphatic rings. The van der Waals surface area contributed by atoms with E-state index in [1.54, 1.807) is 0 Å². The van der Waals surface area contributed by atoms with E-state index in [2.05, 4.69) is 56.9 Å². The zero-order valence-corrected chi connectivity index (χ0v) is 9.25. The second-order valence-electron chi connectivity index (χ2n) is 3.83. The van der Waals surface area contributed by atoms with Crippen molar-refractivity contribution in [1.82, 2.24) is 5.32 Å². The summed E-state index contributed by atoms with van der Waals surface area (Å²) in [6.45, 7) is 10.2. The van der Waals surface area contributed by atoms with Gasteiger partial charge in [0.05, 0.1) is 0 Å². The van der Waals surface area contributed by atoms with E-state index in [1.165, 1.54) is 11.1 Å². The standard InChI is InChI=1S/C13H19N/c1-5-11(3)14-12(4)13-8-6-7-10(2)9-13/h5-9,11-12,14H,1H2,2-4H3/t11?,12-/m0/s1. The van der Waals surface area contributed by atoms with Crippen molar-refractivity contribution in [1.29, 1.82) is 0 Å². The summed E-state index contributed by atoms with van der Waals surface area (Å²) >= 11 is 0. The lowest BCUT2D eigenvalue weighted by molar-refractivity contribution is 0.537. The monoisotopic (exact) mass is 189 g/mol. The van der Waals surface area contributed by atoms with E-state index in [4.69, 9.17) is 0 Å². The van der Waals surface area contributed by atoms with Crippen LogP contribution in [0.3, 0.4) is 0 Å². The summed E-state index contributed by atoms with van der Waals surface area (Å²) < 4.78 is 0. The van der Waals surface area contributed by atoms with Crippen molar-refractivity contribution in [2.24, 2.45) is 0 Å². The fraction of sp³-hybridized carbons (Fsp3) is 0.385. The molecule has 0 aliphatic carbocycles. The van der Waals surface area contributed by atoms with Gasteiger partial charge < -0.3 is 5.32 Å². The Morgan fingerprint density at radius 2 is 2.07 bits per heavy atom. The molecular weight excluding hydrogens is 170 g/mol. The first-order valence-electron chi connectivity index (χ1n) is 5.08. The SMILES string of the molecule is C=CC(C)N[C@@H](C)c1cccc(C)c1. The average Bonchev–Trinajstić information content (AvgIpc) is 2.17. The highest BCUT2D eigenvalue weighted by Crippen LogP contribution is 2.14.